The zero-order valence-electron chi connectivity index (χ0n) is 25.5. The van der Waals surface area contributed by atoms with Gasteiger partial charge in [-0.2, -0.15) is 0 Å². The molecular weight excluding hydrogens is 602 g/mol. The summed E-state index contributed by atoms with van der Waals surface area (Å²) in [6, 6.07) is 24.2. The Morgan fingerprint density at radius 1 is 0.826 bits per heavy atom. The average Bonchev–Trinajstić information content (AvgIpc) is 3.38. The van der Waals surface area contributed by atoms with Gasteiger partial charge in [-0.05, 0) is 42.7 Å². The Morgan fingerprint density at radius 2 is 1.48 bits per heavy atom. The number of aliphatic hydroxyl groups is 1. The van der Waals surface area contributed by atoms with Crippen molar-refractivity contribution >= 4 is 40.7 Å². The second-order valence-corrected chi connectivity index (χ2v) is 12.8. The molecule has 4 aliphatic rings. The summed E-state index contributed by atoms with van der Waals surface area (Å²) in [4.78, 5) is 49.5. The number of ether oxygens (including phenoxy) is 1. The summed E-state index contributed by atoms with van der Waals surface area (Å²) in [6.45, 7) is 2.09. The minimum Gasteiger partial charge on any atom is -0.394 e. The van der Waals surface area contributed by atoms with Gasteiger partial charge in [0, 0.05) is 18.8 Å². The summed E-state index contributed by atoms with van der Waals surface area (Å²) >= 11 is 6.62. The second-order valence-electron chi connectivity index (χ2n) is 12.4. The van der Waals surface area contributed by atoms with E-state index in [1.165, 1.54) is 4.90 Å². The van der Waals surface area contributed by atoms with Gasteiger partial charge in [-0.1, -0.05) is 103 Å². The lowest BCUT2D eigenvalue weighted by molar-refractivity contribution is -0.149. The lowest BCUT2D eigenvalue weighted by Gasteiger charge is -2.41. The van der Waals surface area contributed by atoms with E-state index in [4.69, 9.17) is 16.3 Å². The van der Waals surface area contributed by atoms with Crippen LogP contribution in [0.4, 0.5) is 11.4 Å². The molecule has 6 atom stereocenters. The molecule has 0 saturated carbocycles. The van der Waals surface area contributed by atoms with Crippen LogP contribution in [0.1, 0.15) is 18.9 Å². The number of benzene rings is 3. The largest absolute Gasteiger partial charge is 0.394 e. The lowest BCUT2D eigenvalue weighted by atomic mass is 9.73. The van der Waals surface area contributed by atoms with E-state index >= 15 is 4.79 Å². The van der Waals surface area contributed by atoms with Crippen molar-refractivity contribution in [2.24, 2.45) is 11.8 Å². The topological polar surface area (TPSA) is 90.4 Å². The van der Waals surface area contributed by atoms with Crippen LogP contribution in [0.5, 0.6) is 0 Å². The van der Waals surface area contributed by atoms with E-state index in [-0.39, 0.29) is 30.9 Å². The van der Waals surface area contributed by atoms with Gasteiger partial charge in [0.25, 0.3) is 5.91 Å². The number of halogens is 1. The third-order valence-corrected chi connectivity index (χ3v) is 10.3. The highest BCUT2D eigenvalue weighted by Crippen LogP contribution is 2.59. The van der Waals surface area contributed by atoms with Crippen LogP contribution in [0.25, 0.3) is 0 Å². The van der Waals surface area contributed by atoms with Gasteiger partial charge >= 0.3 is 0 Å². The minimum absolute atomic E-state index is 0.200. The number of fused-ring (bicyclic) bond motifs is 2. The Kier molecular flexibility index (Phi) is 7.83. The number of carbonyl (C=O) groups is 3. The van der Waals surface area contributed by atoms with Crippen molar-refractivity contribution in [3.63, 3.8) is 0 Å². The van der Waals surface area contributed by atoms with E-state index in [2.05, 4.69) is 0 Å². The molecule has 2 saturated heterocycles. The van der Waals surface area contributed by atoms with Crippen molar-refractivity contribution in [2.45, 2.75) is 43.1 Å². The summed E-state index contributed by atoms with van der Waals surface area (Å²) in [7, 11) is 0. The minimum atomic E-state index is -1.46. The van der Waals surface area contributed by atoms with Crippen molar-refractivity contribution in [3.8, 4) is 0 Å². The summed E-state index contributed by atoms with van der Waals surface area (Å²) in [5.41, 5.74) is -0.441. The molecule has 8 nitrogen and oxygen atoms in total. The number of hydrogen-bond donors (Lipinski definition) is 1. The standard InChI is InChI=1S/C37H36ClN3O5/c1-2-36-19-11-21-39(26-15-7-4-8-16-26)33(43)30(36)31-34(44)41(27(24-42)23-25-13-5-3-6-14-25)32-35(45)40(22-12-20-37(31,32)46-36)29-18-10-9-17-28(29)38/h3-20,27,30-32,42H,2,21-24H2,1H3/t27-,30-,31+,32?,36+,37+/m1/s1. The molecular formula is C37H36ClN3O5. The Bertz CT molecular complexity index is 1710. The van der Waals surface area contributed by atoms with Crippen molar-refractivity contribution in [2.75, 3.05) is 29.5 Å². The van der Waals surface area contributed by atoms with Gasteiger partial charge in [-0.3, -0.25) is 14.4 Å². The number of para-hydroxylation sites is 2. The molecule has 3 aromatic rings. The van der Waals surface area contributed by atoms with Gasteiger partial charge in [0.2, 0.25) is 11.8 Å². The maximum Gasteiger partial charge on any atom is 0.253 e. The van der Waals surface area contributed by atoms with Gasteiger partial charge in [0.1, 0.15) is 11.6 Å². The Morgan fingerprint density at radius 3 is 2.17 bits per heavy atom. The van der Waals surface area contributed by atoms with E-state index in [1.807, 2.05) is 98.0 Å². The van der Waals surface area contributed by atoms with E-state index < -0.39 is 35.1 Å². The third kappa shape index (κ3) is 4.62. The molecule has 236 valence electrons. The van der Waals surface area contributed by atoms with Gasteiger partial charge in [0.15, 0.2) is 0 Å². The highest BCUT2D eigenvalue weighted by molar-refractivity contribution is 6.34. The number of amides is 3. The molecule has 0 aliphatic carbocycles. The van der Waals surface area contributed by atoms with Crippen molar-refractivity contribution in [1.82, 2.24) is 4.90 Å². The number of aliphatic hydroxyl groups excluding tert-OH is 1. The Hall–Kier alpha value is -4.24. The highest BCUT2D eigenvalue weighted by Gasteiger charge is 2.76. The number of nitrogens with zero attached hydrogens (tertiary/aromatic N) is 3. The average molecular weight is 638 g/mol. The molecule has 4 heterocycles. The van der Waals surface area contributed by atoms with Gasteiger partial charge in [-0.25, -0.2) is 0 Å². The first-order valence-electron chi connectivity index (χ1n) is 15.8. The maximum absolute atomic E-state index is 15.0. The molecule has 1 N–H and O–H groups in total. The van der Waals surface area contributed by atoms with Crippen LogP contribution in [0, 0.1) is 11.8 Å². The Balaban J connectivity index is 1.39. The quantitative estimate of drug-likeness (QED) is 0.376. The molecule has 3 aromatic carbocycles. The Labute approximate surface area is 273 Å². The summed E-state index contributed by atoms with van der Waals surface area (Å²) in [5.74, 6) is -2.90. The fourth-order valence-corrected chi connectivity index (χ4v) is 8.19. The summed E-state index contributed by atoms with van der Waals surface area (Å²) < 4.78 is 7.12. The lowest BCUT2D eigenvalue weighted by Crippen LogP contribution is -2.59. The fourth-order valence-electron chi connectivity index (χ4n) is 7.96. The normalized spacial score (nSPS) is 29.3. The van der Waals surface area contributed by atoms with Crippen LogP contribution in [0.2, 0.25) is 5.02 Å². The maximum atomic E-state index is 15.0. The van der Waals surface area contributed by atoms with Crippen LogP contribution < -0.4 is 9.80 Å². The summed E-state index contributed by atoms with van der Waals surface area (Å²) in [6.07, 6.45) is 8.25. The molecule has 7 rings (SSSR count). The van der Waals surface area contributed by atoms with E-state index in [0.717, 1.165) is 11.3 Å². The van der Waals surface area contributed by atoms with Gasteiger partial charge < -0.3 is 24.5 Å². The fraction of sp³-hybridized carbons (Fsp3) is 0.324. The molecule has 0 bridgehead atoms. The van der Waals surface area contributed by atoms with Crippen LogP contribution in [-0.4, -0.2) is 70.7 Å². The first-order chi connectivity index (χ1) is 22.3. The van der Waals surface area contributed by atoms with Crippen LogP contribution in [-0.2, 0) is 25.5 Å². The second kappa shape index (κ2) is 11.8. The molecule has 2 fully saturated rings. The van der Waals surface area contributed by atoms with Gasteiger partial charge in [-0.15, -0.1) is 0 Å². The molecule has 0 aromatic heterocycles. The third-order valence-electron chi connectivity index (χ3n) is 10.0. The number of carbonyl (C=O) groups excluding carboxylic acids is 3. The predicted octanol–water partition coefficient (Wildman–Crippen LogP) is 4.81. The van der Waals surface area contributed by atoms with Crippen molar-refractivity contribution < 1.29 is 24.2 Å². The van der Waals surface area contributed by atoms with E-state index in [1.54, 1.807) is 28.0 Å². The molecule has 4 aliphatic heterocycles. The SMILES string of the molecule is CC[C@]12C=CCN(c3ccccc3)C(=O)[C@H]1[C@H]1C(=O)N([C@@H](CO)Cc3ccccc3)C3C(=O)N(c4ccccc4Cl)CC=C[C@@]31O2. The first kappa shape index (κ1) is 30.4. The number of rotatable bonds is 7. The molecule has 1 unspecified atom stereocenters. The smallest absolute Gasteiger partial charge is 0.253 e. The summed E-state index contributed by atoms with van der Waals surface area (Å²) in [5, 5.41) is 11.2. The zero-order valence-corrected chi connectivity index (χ0v) is 26.3. The van der Waals surface area contributed by atoms with Crippen LogP contribution in [0.3, 0.4) is 0 Å². The number of likely N-dealkylation sites (tertiary alicyclic amines) is 1. The van der Waals surface area contributed by atoms with E-state index in [0.29, 0.717) is 30.1 Å². The molecule has 0 radical (unpaired) electrons. The molecule has 9 heteroatoms. The molecule has 3 amide bonds. The van der Waals surface area contributed by atoms with E-state index in [9.17, 15) is 14.7 Å². The number of anilines is 2. The van der Waals surface area contributed by atoms with Crippen LogP contribution in [0.15, 0.2) is 109 Å². The van der Waals surface area contributed by atoms with Crippen molar-refractivity contribution in [1.29, 1.82) is 0 Å². The van der Waals surface area contributed by atoms with Crippen LogP contribution >= 0.6 is 11.6 Å². The first-order valence-corrected chi connectivity index (χ1v) is 16.2. The zero-order chi connectivity index (χ0) is 32.1. The molecule has 46 heavy (non-hydrogen) atoms. The molecule has 1 spiro atoms. The number of hydrogen-bond acceptors (Lipinski definition) is 5. The predicted molar refractivity (Wildman–Crippen MR) is 176 cm³/mol. The monoisotopic (exact) mass is 637 g/mol. The van der Waals surface area contributed by atoms with Gasteiger partial charge in [0.05, 0.1) is 40.8 Å². The highest BCUT2D eigenvalue weighted by atomic mass is 35.5. The van der Waals surface area contributed by atoms with Crippen molar-refractivity contribution in [3.05, 3.63) is 120 Å².